The van der Waals surface area contributed by atoms with Crippen LogP contribution in [0.25, 0.3) is 0 Å². The second kappa shape index (κ2) is 64.4. The van der Waals surface area contributed by atoms with Gasteiger partial charge in [0.05, 0.1) is 27.7 Å². The Morgan fingerprint density at radius 3 is 1.01 bits per heavy atom. The average Bonchev–Trinajstić information content (AvgIpc) is 3.61. The van der Waals surface area contributed by atoms with E-state index in [-0.39, 0.29) is 32.0 Å². The predicted molar refractivity (Wildman–Crippen MR) is 360 cm³/mol. The van der Waals surface area contributed by atoms with Crippen LogP contribution in [-0.4, -0.2) is 70.0 Å². The molecule has 0 heterocycles. The van der Waals surface area contributed by atoms with Crippen LogP contribution in [0.3, 0.4) is 0 Å². The molecule has 0 aromatic carbocycles. The summed E-state index contributed by atoms with van der Waals surface area (Å²) in [6.07, 6.45) is 89.1. The highest BCUT2D eigenvalue weighted by Crippen LogP contribution is 2.38. The number of carbonyl (C=O) groups is 2. The van der Waals surface area contributed by atoms with Gasteiger partial charge in [-0.05, 0) is 77.0 Å². The van der Waals surface area contributed by atoms with Gasteiger partial charge in [-0.3, -0.25) is 14.2 Å². The maximum Gasteiger partial charge on any atom is 0.306 e. The molecule has 2 atom stereocenters. The summed E-state index contributed by atoms with van der Waals surface area (Å²) in [6, 6.07) is 0. The molecule has 0 N–H and O–H groups in total. The summed E-state index contributed by atoms with van der Waals surface area (Å²) in [6.45, 7) is 4.17. The molecule has 10 heteroatoms. The second-order valence-electron chi connectivity index (χ2n) is 24.5. The van der Waals surface area contributed by atoms with Crippen LogP contribution >= 0.6 is 7.82 Å². The van der Waals surface area contributed by atoms with Gasteiger partial charge in [-0.2, -0.15) is 0 Å². The van der Waals surface area contributed by atoms with E-state index in [1.807, 2.05) is 21.1 Å². The van der Waals surface area contributed by atoms with Crippen LogP contribution in [0.4, 0.5) is 0 Å². The third-order valence-corrected chi connectivity index (χ3v) is 16.1. The Morgan fingerprint density at radius 2 is 0.679 bits per heavy atom. The monoisotopic (exact) mass is 1190 g/mol. The van der Waals surface area contributed by atoms with E-state index in [9.17, 15) is 19.0 Å². The number of phosphoric ester groups is 1. The summed E-state index contributed by atoms with van der Waals surface area (Å²) in [7, 11) is 1.17. The number of phosphoric acid groups is 1. The van der Waals surface area contributed by atoms with E-state index >= 15 is 0 Å². The minimum Gasteiger partial charge on any atom is -0.756 e. The Balaban J connectivity index is 4.02. The van der Waals surface area contributed by atoms with Crippen LogP contribution in [0.15, 0.2) is 97.2 Å². The van der Waals surface area contributed by atoms with Crippen molar-refractivity contribution in [3.63, 3.8) is 0 Å². The molecule has 0 amide bonds. The highest BCUT2D eigenvalue weighted by Gasteiger charge is 2.22. The summed E-state index contributed by atoms with van der Waals surface area (Å²) in [5, 5.41) is 0. The fourth-order valence-electron chi connectivity index (χ4n) is 9.79. The molecule has 0 aliphatic heterocycles. The van der Waals surface area contributed by atoms with E-state index in [1.54, 1.807) is 0 Å². The minimum absolute atomic E-state index is 0.0317. The summed E-state index contributed by atoms with van der Waals surface area (Å²) in [5.74, 6) is -0.822. The van der Waals surface area contributed by atoms with E-state index in [2.05, 4.69) is 111 Å². The van der Waals surface area contributed by atoms with Gasteiger partial charge in [0.1, 0.15) is 19.8 Å². The van der Waals surface area contributed by atoms with Gasteiger partial charge in [0, 0.05) is 12.8 Å². The highest BCUT2D eigenvalue weighted by molar-refractivity contribution is 7.45. The lowest BCUT2D eigenvalue weighted by atomic mass is 10.0. The second-order valence-corrected chi connectivity index (χ2v) is 25.9. The number of hydrogen-bond donors (Lipinski definition) is 0. The molecule has 2 unspecified atom stereocenters. The lowest BCUT2D eigenvalue weighted by Crippen LogP contribution is -2.37. The Kier molecular flexibility index (Phi) is 62.1. The summed E-state index contributed by atoms with van der Waals surface area (Å²) < 4.78 is 34.3. The molecular formula is C74H132NO8P. The smallest absolute Gasteiger partial charge is 0.306 e. The minimum atomic E-state index is -4.64. The number of nitrogens with zero attached hydrogens (tertiary/aromatic N) is 1. The third-order valence-electron chi connectivity index (χ3n) is 15.1. The van der Waals surface area contributed by atoms with Crippen LogP contribution in [0.5, 0.6) is 0 Å². The molecule has 0 rings (SSSR count). The van der Waals surface area contributed by atoms with Crippen molar-refractivity contribution in [2.24, 2.45) is 0 Å². The lowest BCUT2D eigenvalue weighted by molar-refractivity contribution is -0.870. The normalized spacial score (nSPS) is 13.7. The fourth-order valence-corrected chi connectivity index (χ4v) is 10.5. The molecule has 0 spiro atoms. The Hall–Kier alpha value is -3.07. The highest BCUT2D eigenvalue weighted by atomic mass is 31.2. The molecule has 0 aromatic heterocycles. The van der Waals surface area contributed by atoms with Crippen LogP contribution in [-0.2, 0) is 32.7 Å². The zero-order chi connectivity index (χ0) is 61.2. The van der Waals surface area contributed by atoms with Crippen molar-refractivity contribution >= 4 is 19.8 Å². The van der Waals surface area contributed by atoms with Gasteiger partial charge in [-0.15, -0.1) is 0 Å². The van der Waals surface area contributed by atoms with Crippen LogP contribution in [0.2, 0.25) is 0 Å². The molecule has 84 heavy (non-hydrogen) atoms. The number of allylic oxidation sites excluding steroid dienone is 16. The van der Waals surface area contributed by atoms with Gasteiger partial charge in [-0.1, -0.05) is 317 Å². The summed E-state index contributed by atoms with van der Waals surface area (Å²) >= 11 is 0. The van der Waals surface area contributed by atoms with Crippen molar-refractivity contribution in [1.29, 1.82) is 0 Å². The zero-order valence-corrected chi connectivity index (χ0v) is 56.2. The first kappa shape index (κ1) is 80.9. The van der Waals surface area contributed by atoms with E-state index in [0.29, 0.717) is 17.4 Å². The topological polar surface area (TPSA) is 111 Å². The summed E-state index contributed by atoms with van der Waals surface area (Å²) in [5.41, 5.74) is 0. The van der Waals surface area contributed by atoms with Crippen molar-refractivity contribution in [2.75, 3.05) is 47.5 Å². The van der Waals surface area contributed by atoms with Gasteiger partial charge in [0.2, 0.25) is 0 Å². The molecule has 0 saturated heterocycles. The van der Waals surface area contributed by atoms with Crippen molar-refractivity contribution in [1.82, 2.24) is 0 Å². The van der Waals surface area contributed by atoms with Gasteiger partial charge < -0.3 is 27.9 Å². The first-order valence-corrected chi connectivity index (χ1v) is 36.4. The van der Waals surface area contributed by atoms with Gasteiger partial charge in [0.25, 0.3) is 7.82 Å². The maximum absolute atomic E-state index is 12.9. The van der Waals surface area contributed by atoms with Crippen molar-refractivity contribution in [3.05, 3.63) is 97.2 Å². The van der Waals surface area contributed by atoms with Crippen molar-refractivity contribution in [3.8, 4) is 0 Å². The molecule has 0 radical (unpaired) electrons. The molecule has 0 fully saturated rings. The van der Waals surface area contributed by atoms with Crippen LogP contribution in [0.1, 0.15) is 309 Å². The molecule has 0 aromatic rings. The number of unbranched alkanes of at least 4 members (excludes halogenated alkanes) is 34. The molecule has 9 nitrogen and oxygen atoms in total. The standard InChI is InChI=1S/C74H132NO8P/c1-6-8-10-12-14-16-18-20-22-24-26-28-29-30-31-32-33-34-35-36-37-38-39-40-41-42-43-44-45-47-49-51-53-55-57-59-61-63-65-67-74(77)83-72(71-82-84(78,79)81-69-68-75(3,4)5)70-80-73(76)66-64-62-60-58-56-54-52-50-48-46-27-25-23-21-19-17-15-13-11-9-7-2/h8,10,14,16,20,22,26,28,30-31,33-34,36-37,39-40,72H,6-7,9,11-13,15,17-19,21,23-25,27,29,32,35,38,41-71H2,1-5H3/b10-8-,16-14-,22-20-,28-26-,31-30-,34-33-,37-36-,40-39-. The first-order chi connectivity index (χ1) is 41.0. The Labute approximate surface area is 519 Å². The molecule has 0 aliphatic rings. The Morgan fingerprint density at radius 1 is 0.381 bits per heavy atom. The Bertz CT molecular complexity index is 1740. The van der Waals surface area contributed by atoms with Crippen LogP contribution in [0, 0.1) is 0 Å². The third kappa shape index (κ3) is 68.0. The van der Waals surface area contributed by atoms with E-state index < -0.39 is 26.5 Å². The maximum atomic E-state index is 12.9. The number of likely N-dealkylation sites (N-methyl/N-ethyl adjacent to an activating group) is 1. The first-order valence-electron chi connectivity index (χ1n) is 34.9. The number of ether oxygens (including phenoxy) is 2. The van der Waals surface area contributed by atoms with E-state index in [1.165, 1.54) is 186 Å². The van der Waals surface area contributed by atoms with Crippen LogP contribution < -0.4 is 4.89 Å². The van der Waals surface area contributed by atoms with Gasteiger partial charge in [-0.25, -0.2) is 0 Å². The number of esters is 2. The molecule has 486 valence electrons. The fraction of sp³-hybridized carbons (Fsp3) is 0.757. The van der Waals surface area contributed by atoms with Gasteiger partial charge >= 0.3 is 11.9 Å². The predicted octanol–water partition coefficient (Wildman–Crippen LogP) is 22.1. The number of hydrogen-bond acceptors (Lipinski definition) is 8. The SMILES string of the molecule is CC/C=C\C/C=C\C/C=C\C/C=C\C/C=C\C/C=C\C/C=C\C/C=C\CCCCCCCCCCCCCCCCC(=O)OC(COC(=O)CCCCCCCCCCCCCCCCCCCCCCC)COP(=O)([O-])OCC[N+](C)(C)C. The number of quaternary nitrogens is 1. The van der Waals surface area contributed by atoms with Gasteiger partial charge in [0.15, 0.2) is 6.10 Å². The van der Waals surface area contributed by atoms with Crippen molar-refractivity contribution < 1.29 is 42.1 Å². The quantitative estimate of drug-likeness (QED) is 0.0195. The van der Waals surface area contributed by atoms with Crippen molar-refractivity contribution in [2.45, 2.75) is 315 Å². The summed E-state index contributed by atoms with van der Waals surface area (Å²) in [4.78, 5) is 38.0. The van der Waals surface area contributed by atoms with E-state index in [4.69, 9.17) is 18.5 Å². The zero-order valence-electron chi connectivity index (χ0n) is 55.3. The van der Waals surface area contributed by atoms with E-state index in [0.717, 1.165) is 89.9 Å². The molecular weight excluding hydrogens is 1060 g/mol. The average molecular weight is 1190 g/mol. The molecule has 0 bridgehead atoms. The number of carbonyl (C=O) groups excluding carboxylic acids is 2. The molecule has 0 saturated carbocycles. The largest absolute Gasteiger partial charge is 0.756 e. The number of rotatable bonds is 64. The lowest BCUT2D eigenvalue weighted by Gasteiger charge is -2.28. The molecule has 0 aliphatic carbocycles.